The lowest BCUT2D eigenvalue weighted by atomic mass is 9.41. The van der Waals surface area contributed by atoms with Crippen molar-refractivity contribution in [3.05, 3.63) is 11.6 Å². The molecular weight excluding hydrogens is 644 g/mol. The number of ether oxygens (including phenoxy) is 5. The quantitative estimate of drug-likeness (QED) is 0.102. The minimum absolute atomic E-state index is 0.00470. The molecule has 276 valence electrons. The summed E-state index contributed by atoms with van der Waals surface area (Å²) in [4.78, 5) is 25.0. The van der Waals surface area contributed by atoms with Crippen LogP contribution in [0.4, 0.5) is 0 Å². The number of hydrogen-bond acceptors (Lipinski definition) is 14. The Hall–Kier alpha value is -1.56. The molecule has 2 saturated heterocycles. The zero-order valence-electron chi connectivity index (χ0n) is 28.1. The summed E-state index contributed by atoms with van der Waals surface area (Å²) in [5.74, 6) is -0.688. The number of rotatable bonds is 7. The fraction of sp³-hybridized carbons (Fsp3) is 0.886. The first-order valence-corrected chi connectivity index (χ1v) is 17.9. The average Bonchev–Trinajstić information content (AvgIpc) is 3.61. The molecule has 0 aromatic rings. The predicted octanol–water partition coefficient (Wildman–Crippen LogP) is -0.397. The average molecular weight is 697 g/mol. The fourth-order valence-electron chi connectivity index (χ4n) is 11.3. The van der Waals surface area contributed by atoms with Crippen LogP contribution in [0.1, 0.15) is 78.1 Å². The van der Waals surface area contributed by atoms with E-state index < -0.39 is 90.1 Å². The lowest BCUT2D eigenvalue weighted by Gasteiger charge is -2.65. The maximum absolute atomic E-state index is 13.2. The van der Waals surface area contributed by atoms with Crippen molar-refractivity contribution >= 4 is 12.3 Å². The van der Waals surface area contributed by atoms with E-state index in [1.165, 1.54) is 0 Å². The normalized spacial score (nSPS) is 54.3. The van der Waals surface area contributed by atoms with E-state index in [2.05, 4.69) is 6.92 Å². The lowest BCUT2D eigenvalue weighted by Crippen LogP contribution is -2.69. The standard InChI is InChI=1S/C35H52O14/c1-17-30(49-31-29(42)28(41)27(40)24(14-36)48-31)23(38)12-26(46-17)47-19-3-8-33(16-37)21-4-7-32(2)20(18-11-25(39)45-15-18)6-10-35(32,44)22(21)5-9-34(33,43)13-19/h11,16-17,19-24,26-31,36,38,40-44H,3-10,12-15H2,1-2H3/t17-,19-,20+,21-,22+,23+,24-,26-,27+,28+,29+,30-,31+,32+,33-,34-,35-/m0/s1. The van der Waals surface area contributed by atoms with E-state index in [-0.39, 0.29) is 43.2 Å². The van der Waals surface area contributed by atoms with E-state index in [1.807, 2.05) is 0 Å². The van der Waals surface area contributed by atoms with Gasteiger partial charge in [-0.25, -0.2) is 4.79 Å². The van der Waals surface area contributed by atoms with Gasteiger partial charge in [0.25, 0.3) is 0 Å². The molecule has 6 fully saturated rings. The van der Waals surface area contributed by atoms with E-state index in [9.17, 15) is 45.3 Å². The van der Waals surface area contributed by atoms with Crippen molar-refractivity contribution in [1.29, 1.82) is 0 Å². The molecule has 7 aliphatic rings. The molecule has 0 amide bonds. The summed E-state index contributed by atoms with van der Waals surface area (Å²) in [6.45, 7) is 3.42. The van der Waals surface area contributed by atoms with E-state index in [1.54, 1.807) is 13.0 Å². The van der Waals surface area contributed by atoms with Crippen LogP contribution in [0.15, 0.2) is 11.6 Å². The van der Waals surface area contributed by atoms with Crippen LogP contribution in [0.3, 0.4) is 0 Å². The molecule has 14 nitrogen and oxygen atoms in total. The molecule has 4 saturated carbocycles. The second-order valence-corrected chi connectivity index (χ2v) is 16.1. The lowest BCUT2D eigenvalue weighted by molar-refractivity contribution is -0.345. The van der Waals surface area contributed by atoms with Gasteiger partial charge in [-0.3, -0.25) is 0 Å². The molecule has 0 spiro atoms. The third-order valence-corrected chi connectivity index (χ3v) is 14.0. The molecule has 7 N–H and O–H groups in total. The van der Waals surface area contributed by atoms with Crippen molar-refractivity contribution in [2.75, 3.05) is 13.2 Å². The van der Waals surface area contributed by atoms with Crippen LogP contribution in [0.25, 0.3) is 0 Å². The summed E-state index contributed by atoms with van der Waals surface area (Å²) < 4.78 is 28.9. The highest BCUT2D eigenvalue weighted by Gasteiger charge is 2.71. The van der Waals surface area contributed by atoms with Crippen molar-refractivity contribution in [3.8, 4) is 0 Å². The number of aliphatic hydroxyl groups excluding tert-OH is 5. The van der Waals surface area contributed by atoms with Gasteiger partial charge in [0.2, 0.25) is 0 Å². The van der Waals surface area contributed by atoms with Crippen molar-refractivity contribution in [1.82, 2.24) is 0 Å². The van der Waals surface area contributed by atoms with Gasteiger partial charge >= 0.3 is 5.97 Å². The molecule has 14 heteroatoms. The van der Waals surface area contributed by atoms with Gasteiger partial charge in [0.15, 0.2) is 12.6 Å². The van der Waals surface area contributed by atoms with Gasteiger partial charge in [0.1, 0.15) is 43.4 Å². The number of carbonyl (C=O) groups is 2. The van der Waals surface area contributed by atoms with Crippen LogP contribution in [0, 0.1) is 28.6 Å². The maximum Gasteiger partial charge on any atom is 0.331 e. The maximum atomic E-state index is 13.2. The number of hydrogen-bond donors (Lipinski definition) is 7. The zero-order chi connectivity index (χ0) is 35.1. The number of fused-ring (bicyclic) bond motifs is 5. The first kappa shape index (κ1) is 35.8. The van der Waals surface area contributed by atoms with E-state index in [0.717, 1.165) is 18.3 Å². The Labute approximate surface area is 285 Å². The van der Waals surface area contributed by atoms with Gasteiger partial charge in [-0.15, -0.1) is 0 Å². The molecule has 3 heterocycles. The van der Waals surface area contributed by atoms with Crippen molar-refractivity contribution < 1.29 is 69.0 Å². The Morgan fingerprint density at radius 3 is 2.37 bits per heavy atom. The van der Waals surface area contributed by atoms with Gasteiger partial charge in [-0.1, -0.05) is 6.92 Å². The zero-order valence-corrected chi connectivity index (χ0v) is 28.1. The van der Waals surface area contributed by atoms with Gasteiger partial charge in [0.05, 0.1) is 41.5 Å². The molecule has 3 aliphatic heterocycles. The van der Waals surface area contributed by atoms with Crippen LogP contribution in [-0.2, 0) is 33.3 Å². The smallest absolute Gasteiger partial charge is 0.331 e. The highest BCUT2D eigenvalue weighted by Crippen LogP contribution is 2.70. The second kappa shape index (κ2) is 12.8. The Kier molecular flexibility index (Phi) is 9.38. The third kappa shape index (κ3) is 5.47. The molecule has 0 bridgehead atoms. The van der Waals surface area contributed by atoms with Gasteiger partial charge in [0, 0.05) is 24.3 Å². The van der Waals surface area contributed by atoms with Crippen molar-refractivity contribution in [2.45, 2.75) is 151 Å². The van der Waals surface area contributed by atoms with Crippen LogP contribution in [0.5, 0.6) is 0 Å². The van der Waals surface area contributed by atoms with E-state index >= 15 is 0 Å². The van der Waals surface area contributed by atoms with Crippen molar-refractivity contribution in [2.24, 2.45) is 28.6 Å². The number of aldehydes is 1. The minimum atomic E-state index is -1.62. The number of cyclic esters (lactones) is 1. The van der Waals surface area contributed by atoms with Gasteiger partial charge in [-0.2, -0.15) is 0 Å². The summed E-state index contributed by atoms with van der Waals surface area (Å²) in [7, 11) is 0. The van der Waals surface area contributed by atoms with Crippen LogP contribution < -0.4 is 0 Å². The molecule has 0 aromatic carbocycles. The van der Waals surface area contributed by atoms with Gasteiger partial charge in [-0.05, 0) is 81.6 Å². The SMILES string of the molecule is C[C@@H]1O[C@@H](O[C@H]2CC[C@]3(C=O)[C@H]4CC[C@]5(C)[C@@H](C6=CC(=O)OC6)CC[C@]5(O)[C@@H]4CC[C@]3(O)C2)C[C@@H](O)[C@H]1O[C@H]1O[C@@H](CO)[C@@H](O)[C@@H](O)[C@H]1O. The third-order valence-electron chi connectivity index (χ3n) is 14.0. The first-order valence-electron chi connectivity index (χ1n) is 17.9. The Balaban J connectivity index is 1.00. The molecule has 49 heavy (non-hydrogen) atoms. The molecule has 0 radical (unpaired) electrons. The van der Waals surface area contributed by atoms with Crippen LogP contribution >= 0.6 is 0 Å². The summed E-state index contributed by atoms with van der Waals surface area (Å²) in [5.41, 5.74) is -2.94. The molecule has 0 unspecified atom stereocenters. The number of aliphatic hydroxyl groups is 7. The van der Waals surface area contributed by atoms with Gasteiger partial charge < -0.3 is 64.2 Å². The summed E-state index contributed by atoms with van der Waals surface area (Å²) >= 11 is 0. The molecule has 17 atom stereocenters. The monoisotopic (exact) mass is 696 g/mol. The summed E-state index contributed by atoms with van der Waals surface area (Å²) in [6.07, 6.45) is -4.38. The Bertz CT molecular complexity index is 1300. The van der Waals surface area contributed by atoms with Crippen LogP contribution in [-0.4, -0.2) is 134 Å². The van der Waals surface area contributed by atoms with Crippen molar-refractivity contribution in [3.63, 3.8) is 0 Å². The van der Waals surface area contributed by atoms with Crippen LogP contribution in [0.2, 0.25) is 0 Å². The topological polar surface area (TPSA) is 222 Å². The summed E-state index contributed by atoms with van der Waals surface area (Å²) in [5, 5.41) is 75.9. The highest BCUT2D eigenvalue weighted by molar-refractivity contribution is 5.85. The molecule has 0 aromatic heterocycles. The largest absolute Gasteiger partial charge is 0.458 e. The van der Waals surface area contributed by atoms with E-state index in [4.69, 9.17) is 23.7 Å². The molecule has 7 rings (SSSR count). The van der Waals surface area contributed by atoms with E-state index in [0.29, 0.717) is 44.9 Å². The first-order chi connectivity index (χ1) is 23.2. The Morgan fingerprint density at radius 1 is 0.939 bits per heavy atom. The Morgan fingerprint density at radius 2 is 1.69 bits per heavy atom. The molecule has 4 aliphatic carbocycles. The number of esters is 1. The second-order valence-electron chi connectivity index (χ2n) is 16.1. The highest BCUT2D eigenvalue weighted by atomic mass is 16.7. The summed E-state index contributed by atoms with van der Waals surface area (Å²) in [6, 6.07) is 0. The predicted molar refractivity (Wildman–Crippen MR) is 166 cm³/mol. The number of carbonyl (C=O) groups excluding carboxylic acids is 2. The fourth-order valence-corrected chi connectivity index (χ4v) is 11.3. The minimum Gasteiger partial charge on any atom is -0.458 e. The molecular formula is C35H52O14.